The van der Waals surface area contributed by atoms with E-state index in [4.69, 9.17) is 0 Å². The maximum atomic E-state index is 13.4. The Morgan fingerprint density at radius 1 is 0.505 bits per heavy atom. The zero-order valence-corrected chi connectivity index (χ0v) is 53.9. The SMILES string of the molecule is Cn1c(=O)c([N+](=O)[O-])c(N2CCN(C(=O)C3CCCCN3)CC2)c2ccccc21.O=C(c1cccs1)N1CCN(c2c([N+](=O)[O-])c(=O)n(C3CCCC3)c3ccccc23)CC1.O=C(c1cccs1)N1CCN(c2c([N+](=O)[O-])c(=O)n(Cc3ccncc3)c3ccccc23)CC1. The Bertz CT molecular complexity index is 4550. The van der Waals surface area contributed by atoms with Crippen LogP contribution in [0.25, 0.3) is 32.7 Å². The average Bonchev–Trinajstić information content (AvgIpc) is 1.26. The molecule has 3 aromatic carbocycles. The summed E-state index contributed by atoms with van der Waals surface area (Å²) < 4.78 is 4.43. The highest BCUT2D eigenvalue weighted by Gasteiger charge is 2.38. The fraction of sp³-hybridized carbons (Fsp3) is 0.358. The topological polar surface area (TPSA) is 291 Å². The number of amides is 3. The molecule has 14 rings (SSSR count). The minimum atomic E-state index is -0.646. The predicted molar refractivity (Wildman–Crippen MR) is 366 cm³/mol. The highest BCUT2D eigenvalue weighted by atomic mass is 32.1. The number of piperidine rings is 1. The second-order valence-electron chi connectivity index (χ2n) is 24.0. The smallest absolute Gasteiger partial charge is 0.357 e. The van der Waals surface area contributed by atoms with Crippen molar-refractivity contribution in [3.63, 3.8) is 0 Å². The van der Waals surface area contributed by atoms with Gasteiger partial charge in [-0.15, -0.1) is 22.7 Å². The first kappa shape index (κ1) is 64.9. The molecule has 0 radical (unpaired) electrons. The van der Waals surface area contributed by atoms with Crippen molar-refractivity contribution < 1.29 is 29.2 Å². The van der Waals surface area contributed by atoms with Crippen LogP contribution in [-0.2, 0) is 18.4 Å². The van der Waals surface area contributed by atoms with Gasteiger partial charge < -0.3 is 39.3 Å². The summed E-state index contributed by atoms with van der Waals surface area (Å²) in [6.07, 6.45) is 10.0. The number of aryl methyl sites for hydroxylation is 1. The van der Waals surface area contributed by atoms with Gasteiger partial charge in [0.15, 0.2) is 0 Å². The van der Waals surface area contributed by atoms with Gasteiger partial charge in [-0.25, -0.2) is 0 Å². The second-order valence-corrected chi connectivity index (χ2v) is 25.9. The summed E-state index contributed by atoms with van der Waals surface area (Å²) in [5, 5.41) is 45.1. The lowest BCUT2D eigenvalue weighted by molar-refractivity contribution is -0.385. The molecule has 1 N–H and O–H groups in total. The van der Waals surface area contributed by atoms with Crippen LogP contribution in [-0.4, -0.2) is 157 Å². The molecule has 26 nitrogen and oxygen atoms in total. The van der Waals surface area contributed by atoms with Crippen molar-refractivity contribution in [3.05, 3.63) is 209 Å². The van der Waals surface area contributed by atoms with Crippen LogP contribution in [0.3, 0.4) is 0 Å². The number of aromatic nitrogens is 4. The summed E-state index contributed by atoms with van der Waals surface area (Å²) in [5.74, 6) is 0.0464. The largest absolute Gasteiger partial charge is 0.362 e. The molecule has 95 heavy (non-hydrogen) atoms. The molecular weight excluding hydrogens is 1260 g/mol. The number of nitrogens with zero attached hydrogens (tertiary/aromatic N) is 13. The van der Waals surface area contributed by atoms with E-state index in [1.807, 2.05) is 103 Å². The number of nitro groups is 3. The van der Waals surface area contributed by atoms with Gasteiger partial charge in [0.25, 0.3) is 11.8 Å². The monoisotopic (exact) mass is 1330 g/mol. The van der Waals surface area contributed by atoms with Crippen LogP contribution in [0.1, 0.15) is 75.9 Å². The van der Waals surface area contributed by atoms with Gasteiger partial charge in [-0.2, -0.15) is 0 Å². The third-order valence-electron chi connectivity index (χ3n) is 18.5. The number of hydrogen-bond donors (Lipinski definition) is 1. The first-order valence-corrected chi connectivity index (χ1v) is 33.5. The van der Waals surface area contributed by atoms with Gasteiger partial charge in [0.2, 0.25) is 5.91 Å². The van der Waals surface area contributed by atoms with E-state index in [1.165, 1.54) is 31.8 Å². The first-order chi connectivity index (χ1) is 46.1. The van der Waals surface area contributed by atoms with Crippen molar-refractivity contribution in [2.45, 2.75) is 63.6 Å². The number of rotatable bonds is 12. The molecule has 1 aliphatic carbocycles. The number of carbonyl (C=O) groups is 3. The molecule has 492 valence electrons. The maximum Gasteiger partial charge on any atom is 0.357 e. The molecule has 28 heteroatoms. The standard InChI is InChI=1S/C24H21N5O4S.C23H24N4O4S.C20H25N5O4/c30-23(20-6-3-15-34-20)27-13-11-26(12-14-27)21-18-4-1-2-5-19(18)28(24(31)22(21)29(32)33)16-17-7-9-25-10-8-17;28-22(19-10-5-15-32-19)25-13-11-24(12-14-25)20-17-8-3-4-9-18(17)26(16-6-1-2-7-16)23(29)21(20)27(30)31;1-22-16-8-3-2-6-14(16)17(18(20(22)27)25(28)29)23-10-12-24(13-11-23)19(26)15-7-4-5-9-21-15/h1-10,15H,11-14,16H2;3-5,8-10,15-16H,1-2,6-7,11-14H2;2-3,6,8,15,21H,4-5,7,9-13H2,1H3. The highest BCUT2D eigenvalue weighted by Crippen LogP contribution is 2.40. The molecule has 1 unspecified atom stereocenters. The van der Waals surface area contributed by atoms with E-state index in [9.17, 15) is 59.1 Å². The van der Waals surface area contributed by atoms with Crippen molar-refractivity contribution in [3.8, 4) is 0 Å². The Balaban J connectivity index is 0.000000137. The molecule has 4 aliphatic heterocycles. The quantitative estimate of drug-likeness (QED) is 0.0883. The van der Waals surface area contributed by atoms with Gasteiger partial charge in [-0.1, -0.05) is 86.0 Å². The van der Waals surface area contributed by atoms with Crippen LogP contribution in [0.4, 0.5) is 34.1 Å². The second kappa shape index (κ2) is 28.6. The molecule has 0 bridgehead atoms. The summed E-state index contributed by atoms with van der Waals surface area (Å²) in [6, 6.07) is 32.7. The number of anilines is 3. The lowest BCUT2D eigenvalue weighted by Crippen LogP contribution is -2.55. The molecule has 6 aromatic heterocycles. The van der Waals surface area contributed by atoms with Gasteiger partial charge in [-0.05, 0) is 91.0 Å². The van der Waals surface area contributed by atoms with Crippen molar-refractivity contribution in [2.75, 3.05) is 99.8 Å². The third-order valence-corrected chi connectivity index (χ3v) is 20.2. The number of hydrogen-bond acceptors (Lipinski definition) is 19. The number of benzene rings is 3. The average molecular weight is 1330 g/mol. The van der Waals surface area contributed by atoms with Crippen molar-refractivity contribution in [1.29, 1.82) is 0 Å². The van der Waals surface area contributed by atoms with Gasteiger partial charge in [0.1, 0.15) is 17.1 Å². The normalized spacial score (nSPS) is 16.9. The maximum absolute atomic E-state index is 13.4. The Morgan fingerprint density at radius 2 is 0.937 bits per heavy atom. The van der Waals surface area contributed by atoms with Crippen LogP contribution in [0.2, 0.25) is 0 Å². The highest BCUT2D eigenvalue weighted by molar-refractivity contribution is 7.12. The number of fused-ring (bicyclic) bond motifs is 3. The van der Waals surface area contributed by atoms with Gasteiger partial charge >= 0.3 is 33.7 Å². The van der Waals surface area contributed by atoms with E-state index in [0.29, 0.717) is 127 Å². The summed E-state index contributed by atoms with van der Waals surface area (Å²) in [4.78, 5) is 128. The Kier molecular flexibility index (Phi) is 19.5. The molecule has 1 atom stereocenters. The van der Waals surface area contributed by atoms with Crippen LogP contribution < -0.4 is 36.7 Å². The molecule has 10 heterocycles. The Labute approximate surface area is 551 Å². The third kappa shape index (κ3) is 13.2. The Hall–Kier alpha value is -10.2. The fourth-order valence-corrected chi connectivity index (χ4v) is 15.2. The minimum absolute atomic E-state index is 0.000384. The minimum Gasteiger partial charge on any atom is -0.362 e. The first-order valence-electron chi connectivity index (χ1n) is 31.8. The van der Waals surface area contributed by atoms with Crippen molar-refractivity contribution in [1.82, 2.24) is 38.7 Å². The van der Waals surface area contributed by atoms with E-state index in [1.54, 1.807) is 70.2 Å². The number of pyridine rings is 4. The molecule has 5 fully saturated rings. The van der Waals surface area contributed by atoms with E-state index in [-0.39, 0.29) is 42.0 Å². The van der Waals surface area contributed by atoms with Gasteiger partial charge in [0.05, 0.1) is 53.7 Å². The van der Waals surface area contributed by atoms with E-state index < -0.39 is 42.8 Å². The number of nitrogens with one attached hydrogen (secondary N) is 1. The summed E-state index contributed by atoms with van der Waals surface area (Å²) in [5.41, 5.74) is 0.940. The zero-order valence-electron chi connectivity index (χ0n) is 52.2. The van der Waals surface area contributed by atoms with Crippen molar-refractivity contribution >= 4 is 107 Å². The van der Waals surface area contributed by atoms with Crippen LogP contribution in [0.5, 0.6) is 0 Å². The van der Waals surface area contributed by atoms with E-state index >= 15 is 0 Å². The van der Waals surface area contributed by atoms with Gasteiger partial charge in [0, 0.05) is 120 Å². The lowest BCUT2D eigenvalue weighted by Gasteiger charge is -2.38. The number of para-hydroxylation sites is 3. The van der Waals surface area contributed by atoms with E-state index in [0.717, 1.165) is 68.0 Å². The number of piperazine rings is 3. The van der Waals surface area contributed by atoms with Crippen LogP contribution >= 0.6 is 22.7 Å². The number of carbonyl (C=O) groups excluding carboxylic acids is 3. The van der Waals surface area contributed by atoms with Crippen molar-refractivity contribution in [2.24, 2.45) is 7.05 Å². The summed E-state index contributed by atoms with van der Waals surface area (Å²) in [6.45, 7) is 6.36. The van der Waals surface area contributed by atoms with E-state index in [2.05, 4.69) is 10.3 Å². The Morgan fingerprint density at radius 3 is 1.41 bits per heavy atom. The molecule has 9 aromatic rings. The fourth-order valence-electron chi connectivity index (χ4n) is 13.8. The van der Waals surface area contributed by atoms with Crippen LogP contribution in [0.15, 0.2) is 147 Å². The molecule has 0 spiro atoms. The number of thiophene rings is 2. The lowest BCUT2D eigenvalue weighted by atomic mass is 10.0. The molecular formula is C67H70N14O12S2. The molecule has 3 amide bonds. The zero-order chi connectivity index (χ0) is 66.4. The predicted octanol–water partition coefficient (Wildman–Crippen LogP) is 8.66. The van der Waals surface area contributed by atoms with Gasteiger partial charge in [-0.3, -0.25) is 73.2 Å². The summed E-state index contributed by atoms with van der Waals surface area (Å²) >= 11 is 2.80. The van der Waals surface area contributed by atoms with Crippen LogP contribution in [0, 0.1) is 30.3 Å². The molecule has 1 saturated carbocycles. The molecule has 4 saturated heterocycles. The molecule has 5 aliphatic rings. The summed E-state index contributed by atoms with van der Waals surface area (Å²) in [7, 11) is 1.55.